The van der Waals surface area contributed by atoms with Crippen molar-refractivity contribution in [2.75, 3.05) is 6.54 Å². The number of halogens is 1. The average molecular weight is 406 g/mol. The molecule has 21 heavy (non-hydrogen) atoms. The normalized spacial score (nSPS) is 11.7. The highest BCUT2D eigenvalue weighted by atomic mass is 127. The molecule has 7 heteroatoms. The summed E-state index contributed by atoms with van der Waals surface area (Å²) in [5.41, 5.74) is 6.24. The topological polar surface area (TPSA) is 102 Å². The van der Waals surface area contributed by atoms with E-state index in [9.17, 15) is 9.59 Å². The third-order valence-corrected chi connectivity index (χ3v) is 3.91. The van der Waals surface area contributed by atoms with Crippen LogP contribution in [0.2, 0.25) is 0 Å². The van der Waals surface area contributed by atoms with Crippen LogP contribution < -0.4 is 11.1 Å². The van der Waals surface area contributed by atoms with Crippen LogP contribution in [0.5, 0.6) is 0 Å². The van der Waals surface area contributed by atoms with Crippen molar-refractivity contribution in [3.8, 4) is 0 Å². The molecule has 0 saturated heterocycles. The lowest BCUT2D eigenvalue weighted by atomic mass is 10.1. The van der Waals surface area contributed by atoms with Gasteiger partial charge in [-0.2, -0.15) is 0 Å². The molecule has 4 N–H and O–H groups in total. The number of carboxylic acids is 1. The van der Waals surface area contributed by atoms with Crippen molar-refractivity contribution in [3.63, 3.8) is 0 Å². The number of ether oxygens (including phenoxy) is 1. The molecule has 6 nitrogen and oxygen atoms in total. The molecule has 0 heterocycles. The number of aliphatic carboxylic acids is 1. The molecule has 0 aliphatic heterocycles. The summed E-state index contributed by atoms with van der Waals surface area (Å²) in [6, 6.07) is 6.56. The van der Waals surface area contributed by atoms with Crippen molar-refractivity contribution in [2.24, 2.45) is 5.73 Å². The van der Waals surface area contributed by atoms with E-state index in [-0.39, 0.29) is 6.61 Å². The lowest BCUT2D eigenvalue weighted by Gasteiger charge is -2.14. The molecule has 0 bridgehead atoms. The molecule has 1 unspecified atom stereocenters. The fourth-order valence-electron chi connectivity index (χ4n) is 1.69. The number of hydrogen-bond donors (Lipinski definition) is 3. The average Bonchev–Trinajstić information content (AvgIpc) is 2.45. The number of nitrogens with one attached hydrogen (secondary N) is 1. The molecule has 0 fully saturated rings. The first kappa shape index (κ1) is 17.7. The van der Waals surface area contributed by atoms with E-state index >= 15 is 0 Å². The van der Waals surface area contributed by atoms with Crippen LogP contribution in [0.15, 0.2) is 24.3 Å². The van der Waals surface area contributed by atoms with E-state index in [1.807, 2.05) is 24.3 Å². The summed E-state index contributed by atoms with van der Waals surface area (Å²) >= 11 is 2.15. The second-order valence-electron chi connectivity index (χ2n) is 4.49. The van der Waals surface area contributed by atoms with Crippen LogP contribution in [0.3, 0.4) is 0 Å². The van der Waals surface area contributed by atoms with E-state index in [1.165, 1.54) is 0 Å². The van der Waals surface area contributed by atoms with Crippen molar-refractivity contribution in [2.45, 2.75) is 31.9 Å². The van der Waals surface area contributed by atoms with Crippen LogP contribution in [0.4, 0.5) is 4.79 Å². The number of carboxylic acid groups (broad SMARTS) is 1. The number of hydrogen-bond acceptors (Lipinski definition) is 4. The minimum atomic E-state index is -1.07. The van der Waals surface area contributed by atoms with Gasteiger partial charge in [0.1, 0.15) is 12.6 Å². The summed E-state index contributed by atoms with van der Waals surface area (Å²) < 4.78 is 6.04. The van der Waals surface area contributed by atoms with Crippen molar-refractivity contribution < 1.29 is 19.4 Å². The van der Waals surface area contributed by atoms with Gasteiger partial charge in [0.2, 0.25) is 0 Å². The molecule has 0 radical (unpaired) electrons. The Bertz CT molecular complexity index is 482. The second kappa shape index (κ2) is 9.56. The molecule has 1 rings (SSSR count). The molecule has 1 amide bonds. The van der Waals surface area contributed by atoms with Gasteiger partial charge in [0.25, 0.3) is 0 Å². The minimum absolute atomic E-state index is 0.111. The zero-order valence-electron chi connectivity index (χ0n) is 11.5. The monoisotopic (exact) mass is 406 g/mol. The van der Waals surface area contributed by atoms with Gasteiger partial charge in [-0.25, -0.2) is 9.59 Å². The smallest absolute Gasteiger partial charge is 0.408 e. The molecule has 0 saturated carbocycles. The number of nitrogens with two attached hydrogens (primary N) is 1. The van der Waals surface area contributed by atoms with Crippen LogP contribution >= 0.6 is 22.6 Å². The fourth-order valence-corrected chi connectivity index (χ4v) is 2.24. The van der Waals surface area contributed by atoms with Gasteiger partial charge in [-0.15, -0.1) is 0 Å². The summed E-state index contributed by atoms with van der Waals surface area (Å²) in [5, 5.41) is 11.4. The Morgan fingerprint density at radius 3 is 2.67 bits per heavy atom. The largest absolute Gasteiger partial charge is 0.480 e. The van der Waals surface area contributed by atoms with E-state index in [4.69, 9.17) is 15.6 Å². The Morgan fingerprint density at radius 2 is 2.05 bits per heavy atom. The number of benzene rings is 1. The third-order valence-electron chi connectivity index (χ3n) is 2.85. The first-order valence-electron chi connectivity index (χ1n) is 6.64. The van der Waals surface area contributed by atoms with Crippen LogP contribution in [-0.2, 0) is 16.1 Å². The predicted octanol–water partition coefficient (Wildman–Crippen LogP) is 2.10. The zero-order chi connectivity index (χ0) is 15.7. The molecule has 1 atom stereocenters. The van der Waals surface area contributed by atoms with Gasteiger partial charge in [0.15, 0.2) is 0 Å². The Labute approximate surface area is 137 Å². The van der Waals surface area contributed by atoms with Crippen LogP contribution in [-0.4, -0.2) is 29.8 Å². The first-order valence-corrected chi connectivity index (χ1v) is 7.72. The van der Waals surface area contributed by atoms with Gasteiger partial charge in [0, 0.05) is 9.13 Å². The van der Waals surface area contributed by atoms with E-state index in [1.54, 1.807) is 0 Å². The van der Waals surface area contributed by atoms with Crippen molar-refractivity contribution in [1.29, 1.82) is 0 Å². The van der Waals surface area contributed by atoms with Crippen LogP contribution in [0.1, 0.15) is 24.8 Å². The van der Waals surface area contributed by atoms with Crippen molar-refractivity contribution in [3.05, 3.63) is 33.4 Å². The van der Waals surface area contributed by atoms with Gasteiger partial charge in [-0.1, -0.05) is 18.2 Å². The minimum Gasteiger partial charge on any atom is -0.480 e. The lowest BCUT2D eigenvalue weighted by Crippen LogP contribution is -2.41. The van der Waals surface area contributed by atoms with Crippen LogP contribution in [0.25, 0.3) is 0 Å². The maximum atomic E-state index is 11.7. The summed E-state index contributed by atoms with van der Waals surface area (Å²) in [7, 11) is 0. The number of alkyl carbamates (subject to hydrolysis) is 1. The molecule has 1 aromatic carbocycles. The van der Waals surface area contributed by atoms with Crippen molar-refractivity contribution in [1.82, 2.24) is 5.32 Å². The molecular formula is C14H19IN2O4. The van der Waals surface area contributed by atoms with Gasteiger partial charge < -0.3 is 20.9 Å². The predicted molar refractivity (Wildman–Crippen MR) is 86.8 cm³/mol. The molecule has 0 aliphatic rings. The maximum Gasteiger partial charge on any atom is 0.408 e. The number of amides is 1. The van der Waals surface area contributed by atoms with E-state index in [0.29, 0.717) is 19.4 Å². The quantitative estimate of drug-likeness (QED) is 0.454. The molecule has 0 aliphatic carbocycles. The lowest BCUT2D eigenvalue weighted by molar-refractivity contribution is -0.139. The Kier molecular flexibility index (Phi) is 8.06. The van der Waals surface area contributed by atoms with E-state index in [0.717, 1.165) is 15.6 Å². The summed E-state index contributed by atoms with van der Waals surface area (Å²) in [5.74, 6) is -1.07. The zero-order valence-corrected chi connectivity index (χ0v) is 13.7. The van der Waals surface area contributed by atoms with Gasteiger partial charge in [0.05, 0.1) is 0 Å². The highest BCUT2D eigenvalue weighted by molar-refractivity contribution is 14.1. The van der Waals surface area contributed by atoms with Crippen LogP contribution in [0, 0.1) is 3.57 Å². The molecule has 0 spiro atoms. The van der Waals surface area contributed by atoms with Gasteiger partial charge in [-0.3, -0.25) is 0 Å². The SMILES string of the molecule is NCCCCC(NC(=O)OCc1ccccc1I)C(=O)O. The molecular weight excluding hydrogens is 387 g/mol. The molecule has 1 aromatic rings. The van der Waals surface area contributed by atoms with E-state index < -0.39 is 18.1 Å². The Hall–Kier alpha value is -1.35. The Morgan fingerprint density at radius 1 is 1.33 bits per heavy atom. The highest BCUT2D eigenvalue weighted by Crippen LogP contribution is 2.12. The fraction of sp³-hybridized carbons (Fsp3) is 0.429. The number of carbonyl (C=O) groups excluding carboxylic acids is 1. The van der Waals surface area contributed by atoms with Gasteiger partial charge >= 0.3 is 12.1 Å². The first-order chi connectivity index (χ1) is 10.0. The number of unbranched alkanes of at least 4 members (excludes halogenated alkanes) is 1. The second-order valence-corrected chi connectivity index (χ2v) is 5.65. The Balaban J connectivity index is 2.43. The summed E-state index contributed by atoms with van der Waals surface area (Å²) in [4.78, 5) is 22.7. The molecule has 0 aromatic heterocycles. The maximum absolute atomic E-state index is 11.7. The van der Waals surface area contributed by atoms with E-state index in [2.05, 4.69) is 27.9 Å². The third kappa shape index (κ3) is 6.76. The number of rotatable bonds is 8. The molecule has 116 valence electrons. The summed E-state index contributed by atoms with van der Waals surface area (Å²) in [6.45, 7) is 0.614. The number of carbonyl (C=O) groups is 2. The van der Waals surface area contributed by atoms with Crippen molar-refractivity contribution >= 4 is 34.7 Å². The van der Waals surface area contributed by atoms with Gasteiger partial charge in [-0.05, 0) is 54.5 Å². The highest BCUT2D eigenvalue weighted by Gasteiger charge is 2.20. The summed E-state index contributed by atoms with van der Waals surface area (Å²) in [6.07, 6.45) is 0.979. The standard InChI is InChI=1S/C14H19IN2O4/c15-11-6-2-1-5-10(11)9-21-14(20)17-12(13(18)19)7-3-4-8-16/h1-2,5-6,12H,3-4,7-9,16H2,(H,17,20)(H,18,19).